The van der Waals surface area contributed by atoms with Crippen LogP contribution in [0, 0.1) is 5.92 Å². The highest BCUT2D eigenvalue weighted by molar-refractivity contribution is 7.87. The zero-order valence-electron chi connectivity index (χ0n) is 11.5. The number of carbonyl (C=O) groups is 1. The van der Waals surface area contributed by atoms with Crippen molar-refractivity contribution in [2.45, 2.75) is 19.8 Å². The molecule has 1 unspecified atom stereocenters. The summed E-state index contributed by atoms with van der Waals surface area (Å²) in [6.45, 7) is 5.40. The number of rotatable bonds is 8. The quantitative estimate of drug-likeness (QED) is 0.634. The number of hydrogen-bond acceptors (Lipinski definition) is 4. The molecule has 0 saturated carbocycles. The topological polar surface area (TPSA) is 90.0 Å². The first kappa shape index (κ1) is 16.4. The molecular formula is C11H23N3O4S. The van der Waals surface area contributed by atoms with Gasteiger partial charge in [0.05, 0.1) is 6.42 Å². The van der Waals surface area contributed by atoms with Crippen molar-refractivity contribution in [2.24, 2.45) is 5.92 Å². The van der Waals surface area contributed by atoms with Gasteiger partial charge in [-0.1, -0.05) is 6.92 Å². The molecule has 1 rings (SSSR count). The van der Waals surface area contributed by atoms with Gasteiger partial charge in [0.2, 0.25) is 0 Å². The van der Waals surface area contributed by atoms with Crippen molar-refractivity contribution in [1.82, 2.24) is 13.9 Å². The normalized spacial score (nSPS) is 21.1. The zero-order chi connectivity index (χ0) is 14.5. The molecule has 2 N–H and O–H groups in total. The Balaban J connectivity index is 2.36. The Bertz CT molecular complexity index is 399. The summed E-state index contributed by atoms with van der Waals surface area (Å²) in [4.78, 5) is 12.7. The van der Waals surface area contributed by atoms with E-state index in [9.17, 15) is 13.2 Å². The lowest BCUT2D eigenvalue weighted by atomic mass is 10.1. The van der Waals surface area contributed by atoms with Crippen LogP contribution < -0.4 is 4.72 Å². The molecule has 0 radical (unpaired) electrons. The highest BCUT2D eigenvalue weighted by Crippen LogP contribution is 2.15. The van der Waals surface area contributed by atoms with Crippen LogP contribution in [0.4, 0.5) is 0 Å². The molecule has 1 atom stereocenters. The Labute approximate surface area is 114 Å². The summed E-state index contributed by atoms with van der Waals surface area (Å²) in [5.74, 6) is -0.668. The largest absolute Gasteiger partial charge is 0.481 e. The first-order valence-corrected chi connectivity index (χ1v) is 7.94. The van der Waals surface area contributed by atoms with Crippen LogP contribution in [-0.4, -0.2) is 68.5 Å². The van der Waals surface area contributed by atoms with Gasteiger partial charge < -0.3 is 10.0 Å². The first-order valence-electron chi connectivity index (χ1n) is 6.50. The molecular weight excluding hydrogens is 270 g/mol. The first-order chi connectivity index (χ1) is 8.85. The highest BCUT2D eigenvalue weighted by Gasteiger charge is 2.24. The Kier molecular flexibility index (Phi) is 6.18. The van der Waals surface area contributed by atoms with Crippen LogP contribution in [-0.2, 0) is 15.0 Å². The van der Waals surface area contributed by atoms with Gasteiger partial charge in [0.1, 0.15) is 0 Å². The summed E-state index contributed by atoms with van der Waals surface area (Å²) in [6, 6.07) is 0. The molecule has 1 heterocycles. The maximum absolute atomic E-state index is 11.9. The molecule has 1 aliphatic heterocycles. The second-order valence-electron chi connectivity index (χ2n) is 4.87. The number of likely N-dealkylation sites (tertiary alicyclic amines) is 1. The second kappa shape index (κ2) is 7.18. The van der Waals surface area contributed by atoms with Crippen LogP contribution in [0.1, 0.15) is 19.8 Å². The SMILES string of the molecule is CCN1CCC(CNS(=O)(=O)N(C)CCC(=O)O)C1. The lowest BCUT2D eigenvalue weighted by Crippen LogP contribution is -2.41. The van der Waals surface area contributed by atoms with Crippen LogP contribution in [0.2, 0.25) is 0 Å². The smallest absolute Gasteiger partial charge is 0.304 e. The average Bonchev–Trinajstić information content (AvgIpc) is 2.81. The molecule has 0 aromatic heterocycles. The van der Waals surface area contributed by atoms with Gasteiger partial charge in [0.25, 0.3) is 10.2 Å². The van der Waals surface area contributed by atoms with E-state index in [1.165, 1.54) is 7.05 Å². The molecule has 19 heavy (non-hydrogen) atoms. The van der Waals surface area contributed by atoms with Gasteiger partial charge in [-0.25, -0.2) is 4.72 Å². The summed E-state index contributed by atoms with van der Waals surface area (Å²) >= 11 is 0. The minimum absolute atomic E-state index is 0.0174. The molecule has 0 amide bonds. The molecule has 0 spiro atoms. The molecule has 1 saturated heterocycles. The predicted molar refractivity (Wildman–Crippen MR) is 72.0 cm³/mol. The standard InChI is InChI=1S/C11H23N3O4S/c1-3-14-7-4-10(9-14)8-12-19(17,18)13(2)6-5-11(15)16/h10,12H,3-9H2,1-2H3,(H,15,16). The van der Waals surface area contributed by atoms with Crippen LogP contribution in [0.5, 0.6) is 0 Å². The van der Waals surface area contributed by atoms with Gasteiger partial charge in [0, 0.05) is 26.7 Å². The number of nitrogens with zero attached hydrogens (tertiary/aromatic N) is 2. The van der Waals surface area contributed by atoms with Crippen molar-refractivity contribution in [2.75, 3.05) is 39.8 Å². The average molecular weight is 293 g/mol. The molecule has 7 nitrogen and oxygen atoms in total. The van der Waals surface area contributed by atoms with Gasteiger partial charge in [0.15, 0.2) is 0 Å². The van der Waals surface area contributed by atoms with Crippen LogP contribution in [0.3, 0.4) is 0 Å². The Hall–Kier alpha value is -0.700. The van der Waals surface area contributed by atoms with E-state index in [0.717, 1.165) is 30.4 Å². The summed E-state index contributed by atoms with van der Waals surface area (Å²) < 4.78 is 27.3. The van der Waals surface area contributed by atoms with E-state index >= 15 is 0 Å². The lowest BCUT2D eigenvalue weighted by molar-refractivity contribution is -0.137. The molecule has 1 fully saturated rings. The predicted octanol–water partition coefficient (Wildman–Crippen LogP) is -0.431. The van der Waals surface area contributed by atoms with E-state index in [-0.39, 0.29) is 13.0 Å². The highest BCUT2D eigenvalue weighted by atomic mass is 32.2. The van der Waals surface area contributed by atoms with Gasteiger partial charge in [-0.3, -0.25) is 4.79 Å². The fourth-order valence-electron chi connectivity index (χ4n) is 2.07. The number of carboxylic acids is 1. The second-order valence-corrected chi connectivity index (χ2v) is 6.73. The van der Waals surface area contributed by atoms with Crippen molar-refractivity contribution in [3.8, 4) is 0 Å². The summed E-state index contributed by atoms with van der Waals surface area (Å²) in [6.07, 6.45) is 0.805. The molecule has 8 heteroatoms. The third-order valence-electron chi connectivity index (χ3n) is 3.42. The molecule has 0 aromatic carbocycles. The monoisotopic (exact) mass is 293 g/mol. The minimum Gasteiger partial charge on any atom is -0.481 e. The fourth-order valence-corrected chi connectivity index (χ4v) is 3.07. The third kappa shape index (κ3) is 5.43. The van der Waals surface area contributed by atoms with E-state index < -0.39 is 16.2 Å². The molecule has 112 valence electrons. The van der Waals surface area contributed by atoms with E-state index in [1.807, 2.05) is 0 Å². The van der Waals surface area contributed by atoms with Gasteiger partial charge in [-0.15, -0.1) is 0 Å². The maximum atomic E-state index is 11.9. The van der Waals surface area contributed by atoms with Crippen molar-refractivity contribution in [1.29, 1.82) is 0 Å². The summed E-state index contributed by atoms with van der Waals surface area (Å²) in [7, 11) is -2.18. The Morgan fingerprint density at radius 2 is 2.21 bits per heavy atom. The third-order valence-corrected chi connectivity index (χ3v) is 4.96. The van der Waals surface area contributed by atoms with Crippen molar-refractivity contribution in [3.63, 3.8) is 0 Å². The molecule has 1 aliphatic rings. The molecule has 0 aliphatic carbocycles. The number of aliphatic carboxylic acids is 1. The minimum atomic E-state index is -3.57. The van der Waals surface area contributed by atoms with E-state index in [2.05, 4.69) is 16.5 Å². The summed E-state index contributed by atoms with van der Waals surface area (Å²) in [5.41, 5.74) is 0. The van der Waals surface area contributed by atoms with Crippen LogP contribution in [0.15, 0.2) is 0 Å². The van der Waals surface area contributed by atoms with Crippen LogP contribution in [0.25, 0.3) is 0 Å². The van der Waals surface area contributed by atoms with Gasteiger partial charge in [-0.2, -0.15) is 12.7 Å². The van der Waals surface area contributed by atoms with E-state index in [4.69, 9.17) is 5.11 Å². The van der Waals surface area contributed by atoms with Crippen LogP contribution >= 0.6 is 0 Å². The Morgan fingerprint density at radius 3 is 2.74 bits per heavy atom. The fraction of sp³-hybridized carbons (Fsp3) is 0.909. The van der Waals surface area contributed by atoms with E-state index in [0.29, 0.717) is 12.5 Å². The van der Waals surface area contributed by atoms with Crippen molar-refractivity contribution >= 4 is 16.2 Å². The molecule has 0 bridgehead atoms. The van der Waals surface area contributed by atoms with Crippen molar-refractivity contribution in [3.05, 3.63) is 0 Å². The van der Waals surface area contributed by atoms with Crippen molar-refractivity contribution < 1.29 is 18.3 Å². The van der Waals surface area contributed by atoms with Gasteiger partial charge in [-0.05, 0) is 25.4 Å². The summed E-state index contributed by atoms with van der Waals surface area (Å²) in [5, 5.41) is 8.54. The molecule has 0 aromatic rings. The van der Waals surface area contributed by atoms with E-state index in [1.54, 1.807) is 0 Å². The lowest BCUT2D eigenvalue weighted by Gasteiger charge is -2.19. The maximum Gasteiger partial charge on any atom is 0.304 e. The number of carboxylic acid groups (broad SMARTS) is 1. The van der Waals surface area contributed by atoms with Gasteiger partial charge >= 0.3 is 5.97 Å². The number of hydrogen-bond donors (Lipinski definition) is 2. The zero-order valence-corrected chi connectivity index (χ0v) is 12.3. The Morgan fingerprint density at radius 1 is 1.53 bits per heavy atom. The number of nitrogens with one attached hydrogen (secondary N) is 1.